The van der Waals surface area contributed by atoms with Gasteiger partial charge < -0.3 is 9.84 Å². The van der Waals surface area contributed by atoms with Crippen molar-refractivity contribution in [1.82, 2.24) is 0 Å². The van der Waals surface area contributed by atoms with E-state index in [4.69, 9.17) is 4.74 Å². The average Bonchev–Trinajstić information content (AvgIpc) is 2.37. The first-order valence-corrected chi connectivity index (χ1v) is 7.17. The minimum absolute atomic E-state index is 0.0911. The van der Waals surface area contributed by atoms with Gasteiger partial charge in [0.15, 0.2) is 5.41 Å². The van der Waals surface area contributed by atoms with Gasteiger partial charge in [-0.15, -0.1) is 0 Å². The monoisotopic (exact) mass is 294 g/mol. The number of carbonyl (C=O) groups excluding carboxylic acids is 1. The average molecular weight is 294 g/mol. The van der Waals surface area contributed by atoms with Crippen molar-refractivity contribution in [3.05, 3.63) is 35.6 Å². The lowest BCUT2D eigenvalue weighted by Crippen LogP contribution is -2.47. The van der Waals surface area contributed by atoms with Gasteiger partial charge >= 0.3 is 11.9 Å². The molecule has 0 aromatic heterocycles. The lowest BCUT2D eigenvalue weighted by Gasteiger charge is -2.35. The van der Waals surface area contributed by atoms with Crippen LogP contribution in [0.15, 0.2) is 24.3 Å². The molecule has 5 heteroatoms. The van der Waals surface area contributed by atoms with Crippen LogP contribution in [-0.4, -0.2) is 23.7 Å². The smallest absolute Gasteiger partial charge is 0.328 e. The van der Waals surface area contributed by atoms with Crippen LogP contribution in [-0.2, 0) is 19.7 Å². The van der Waals surface area contributed by atoms with Crippen LogP contribution in [0.3, 0.4) is 0 Å². The van der Waals surface area contributed by atoms with Crippen molar-refractivity contribution in [3.63, 3.8) is 0 Å². The highest BCUT2D eigenvalue weighted by Crippen LogP contribution is 2.41. The zero-order chi connectivity index (χ0) is 15.5. The third kappa shape index (κ3) is 2.91. The maximum Gasteiger partial charge on any atom is 0.328 e. The molecule has 1 aliphatic carbocycles. The first-order chi connectivity index (χ1) is 10.0. The molecule has 21 heavy (non-hydrogen) atoms. The summed E-state index contributed by atoms with van der Waals surface area (Å²) >= 11 is 0. The molecule has 0 bridgehead atoms. The van der Waals surface area contributed by atoms with E-state index in [1.165, 1.54) is 18.2 Å². The van der Waals surface area contributed by atoms with Crippen LogP contribution < -0.4 is 0 Å². The number of carboxylic acids is 1. The molecule has 0 amide bonds. The second-order valence-corrected chi connectivity index (χ2v) is 5.44. The zero-order valence-corrected chi connectivity index (χ0v) is 12.0. The van der Waals surface area contributed by atoms with E-state index in [1.54, 1.807) is 6.92 Å². The minimum atomic E-state index is -1.82. The number of esters is 1. The van der Waals surface area contributed by atoms with Gasteiger partial charge in [0.25, 0.3) is 0 Å². The summed E-state index contributed by atoms with van der Waals surface area (Å²) in [5, 5.41) is 9.71. The number of halogens is 1. The van der Waals surface area contributed by atoms with Crippen LogP contribution in [0.4, 0.5) is 4.39 Å². The standard InChI is InChI=1S/C16H19FO4/c1-2-21-15(20)16(14(18)19,10-11-5-3-6-11)12-7-4-8-13(17)9-12/h4,7-9,11H,2-3,5-6,10H2,1H3,(H,18,19). The Morgan fingerprint density at radius 2 is 2.14 bits per heavy atom. The number of aliphatic carboxylic acids is 1. The summed E-state index contributed by atoms with van der Waals surface area (Å²) in [6.07, 6.45) is 2.98. The zero-order valence-electron chi connectivity index (χ0n) is 12.0. The van der Waals surface area contributed by atoms with Crippen LogP contribution in [0, 0.1) is 11.7 Å². The Balaban J connectivity index is 2.48. The molecule has 1 N–H and O–H groups in total. The van der Waals surface area contributed by atoms with E-state index >= 15 is 0 Å². The summed E-state index contributed by atoms with van der Waals surface area (Å²) in [6, 6.07) is 5.24. The SMILES string of the molecule is CCOC(=O)C(CC1CCC1)(C(=O)O)c1cccc(F)c1. The van der Waals surface area contributed by atoms with Crippen molar-refractivity contribution in [3.8, 4) is 0 Å². The van der Waals surface area contributed by atoms with Crippen LogP contribution in [0.1, 0.15) is 38.2 Å². The molecular formula is C16H19FO4. The number of carboxylic acid groups (broad SMARTS) is 1. The van der Waals surface area contributed by atoms with Gasteiger partial charge in [-0.2, -0.15) is 0 Å². The number of rotatable bonds is 6. The van der Waals surface area contributed by atoms with Gasteiger partial charge in [0.2, 0.25) is 0 Å². The number of hydrogen-bond donors (Lipinski definition) is 1. The van der Waals surface area contributed by atoms with Crippen molar-refractivity contribution in [2.75, 3.05) is 6.61 Å². The number of benzene rings is 1. The molecule has 1 unspecified atom stereocenters. The van der Waals surface area contributed by atoms with Gasteiger partial charge in [0.05, 0.1) is 6.61 Å². The topological polar surface area (TPSA) is 63.6 Å². The molecule has 1 aliphatic rings. The van der Waals surface area contributed by atoms with Crippen LogP contribution in [0.2, 0.25) is 0 Å². The molecule has 0 radical (unpaired) electrons. The highest BCUT2D eigenvalue weighted by molar-refractivity contribution is 6.05. The first-order valence-electron chi connectivity index (χ1n) is 7.17. The Kier molecular flexibility index (Phi) is 4.60. The summed E-state index contributed by atoms with van der Waals surface area (Å²) in [5.74, 6) is -2.49. The number of carbonyl (C=O) groups is 2. The predicted octanol–water partition coefficient (Wildman–Crippen LogP) is 2.90. The Labute approximate surface area is 122 Å². The second kappa shape index (κ2) is 6.24. The number of ether oxygens (including phenoxy) is 1. The van der Waals surface area contributed by atoms with E-state index in [0.717, 1.165) is 25.3 Å². The fourth-order valence-corrected chi connectivity index (χ4v) is 2.76. The van der Waals surface area contributed by atoms with Crippen molar-refractivity contribution in [1.29, 1.82) is 0 Å². The molecule has 0 heterocycles. The second-order valence-electron chi connectivity index (χ2n) is 5.44. The van der Waals surface area contributed by atoms with Crippen molar-refractivity contribution in [2.24, 2.45) is 5.92 Å². The molecule has 114 valence electrons. The summed E-state index contributed by atoms with van der Waals surface area (Å²) in [7, 11) is 0. The molecule has 1 saturated carbocycles. The summed E-state index contributed by atoms with van der Waals surface area (Å²) < 4.78 is 18.5. The van der Waals surface area contributed by atoms with E-state index in [9.17, 15) is 19.1 Å². The molecule has 0 saturated heterocycles. The van der Waals surface area contributed by atoms with Crippen LogP contribution >= 0.6 is 0 Å². The Morgan fingerprint density at radius 1 is 1.43 bits per heavy atom. The predicted molar refractivity (Wildman–Crippen MR) is 74.3 cm³/mol. The normalized spacial score (nSPS) is 17.6. The molecular weight excluding hydrogens is 275 g/mol. The maximum absolute atomic E-state index is 13.5. The summed E-state index contributed by atoms with van der Waals surface area (Å²) in [5.41, 5.74) is -1.66. The summed E-state index contributed by atoms with van der Waals surface area (Å²) in [4.78, 5) is 24.3. The van der Waals surface area contributed by atoms with E-state index in [-0.39, 0.29) is 24.5 Å². The lowest BCUT2D eigenvalue weighted by molar-refractivity contribution is -0.163. The Bertz CT molecular complexity index is 539. The third-order valence-corrected chi connectivity index (χ3v) is 4.13. The highest BCUT2D eigenvalue weighted by atomic mass is 19.1. The molecule has 1 aromatic rings. The summed E-state index contributed by atoms with van der Waals surface area (Å²) in [6.45, 7) is 1.72. The van der Waals surface area contributed by atoms with E-state index < -0.39 is 23.2 Å². The van der Waals surface area contributed by atoms with Gasteiger partial charge in [0, 0.05) is 0 Å². The first kappa shape index (κ1) is 15.5. The maximum atomic E-state index is 13.5. The number of hydrogen-bond acceptors (Lipinski definition) is 3. The van der Waals surface area contributed by atoms with Gasteiger partial charge in [0.1, 0.15) is 5.82 Å². The lowest BCUT2D eigenvalue weighted by atomic mass is 9.68. The molecule has 2 rings (SSSR count). The van der Waals surface area contributed by atoms with Crippen molar-refractivity contribution < 1.29 is 23.8 Å². The van der Waals surface area contributed by atoms with Gasteiger partial charge in [-0.1, -0.05) is 31.4 Å². The van der Waals surface area contributed by atoms with Gasteiger partial charge in [-0.05, 0) is 37.0 Å². The quantitative estimate of drug-likeness (QED) is 0.647. The molecule has 1 fully saturated rings. The van der Waals surface area contributed by atoms with Gasteiger partial charge in [-0.25, -0.2) is 4.39 Å². The van der Waals surface area contributed by atoms with Gasteiger partial charge in [-0.3, -0.25) is 9.59 Å². The fourth-order valence-electron chi connectivity index (χ4n) is 2.76. The van der Waals surface area contributed by atoms with Crippen molar-refractivity contribution >= 4 is 11.9 Å². The Hall–Kier alpha value is -1.91. The minimum Gasteiger partial charge on any atom is -0.480 e. The van der Waals surface area contributed by atoms with Crippen LogP contribution in [0.25, 0.3) is 0 Å². The molecule has 1 atom stereocenters. The molecule has 0 spiro atoms. The highest BCUT2D eigenvalue weighted by Gasteiger charge is 2.51. The largest absolute Gasteiger partial charge is 0.480 e. The van der Waals surface area contributed by atoms with E-state index in [0.29, 0.717) is 0 Å². The van der Waals surface area contributed by atoms with E-state index in [2.05, 4.69) is 0 Å². The van der Waals surface area contributed by atoms with E-state index in [1.807, 2.05) is 0 Å². The van der Waals surface area contributed by atoms with Crippen LogP contribution in [0.5, 0.6) is 0 Å². The Morgan fingerprint density at radius 3 is 2.62 bits per heavy atom. The molecule has 0 aliphatic heterocycles. The third-order valence-electron chi connectivity index (χ3n) is 4.13. The fraction of sp³-hybridized carbons (Fsp3) is 0.500. The molecule has 4 nitrogen and oxygen atoms in total. The molecule has 1 aromatic carbocycles. The van der Waals surface area contributed by atoms with Crippen molar-refractivity contribution in [2.45, 2.75) is 38.0 Å².